The Morgan fingerprint density at radius 1 is 0.972 bits per heavy atom. The highest BCUT2D eigenvalue weighted by atomic mass is 28.4. The van der Waals surface area contributed by atoms with Crippen LogP contribution in [0.4, 0.5) is 4.79 Å². The predicted octanol–water partition coefficient (Wildman–Crippen LogP) is 5.22. The fraction of sp³-hybridized carbons (Fsp3) is 0.464. The molecule has 2 aromatic rings. The minimum absolute atomic E-state index is 0.00241. The Kier molecular flexibility index (Phi) is 8.74. The smallest absolute Gasteiger partial charge is 0.408 e. The molecule has 1 saturated carbocycles. The standard InChI is InChI=1S/C28H37NO6Si/c1-28(2,3)36(5,6)35-18-21-22(23(21)25(30)20-15-11-8-12-16-20)24(26(31)33-4)29-27(32)34-17-19-13-9-7-10-14-19/h7-16,21-24H,17-18H2,1-6H3,(H,29,32)/t21-,22+,23+,24+/m1/s1. The number of benzene rings is 2. The van der Waals surface area contributed by atoms with Gasteiger partial charge >= 0.3 is 12.1 Å². The minimum Gasteiger partial charge on any atom is -0.467 e. The van der Waals surface area contributed by atoms with Crippen molar-refractivity contribution in [1.82, 2.24) is 5.32 Å². The molecule has 1 amide bonds. The van der Waals surface area contributed by atoms with Crippen LogP contribution in [-0.2, 0) is 25.3 Å². The summed E-state index contributed by atoms with van der Waals surface area (Å²) in [5.41, 5.74) is 1.39. The van der Waals surface area contributed by atoms with Gasteiger partial charge in [-0.05, 0) is 29.6 Å². The van der Waals surface area contributed by atoms with Crippen molar-refractivity contribution in [3.63, 3.8) is 0 Å². The summed E-state index contributed by atoms with van der Waals surface area (Å²) in [5, 5.41) is 2.66. The fourth-order valence-electron chi connectivity index (χ4n) is 4.09. The molecule has 36 heavy (non-hydrogen) atoms. The molecule has 3 rings (SSSR count). The van der Waals surface area contributed by atoms with Crippen LogP contribution in [0.1, 0.15) is 36.7 Å². The first-order valence-electron chi connectivity index (χ1n) is 12.2. The second-order valence-electron chi connectivity index (χ2n) is 10.8. The largest absolute Gasteiger partial charge is 0.467 e. The van der Waals surface area contributed by atoms with Gasteiger partial charge < -0.3 is 19.2 Å². The summed E-state index contributed by atoms with van der Waals surface area (Å²) in [7, 11) is -0.825. The summed E-state index contributed by atoms with van der Waals surface area (Å²) < 4.78 is 16.8. The maximum Gasteiger partial charge on any atom is 0.408 e. The van der Waals surface area contributed by atoms with Crippen LogP contribution in [0.25, 0.3) is 0 Å². The minimum atomic E-state index is -2.09. The van der Waals surface area contributed by atoms with Gasteiger partial charge in [-0.3, -0.25) is 4.79 Å². The van der Waals surface area contributed by atoms with E-state index in [1.54, 1.807) is 12.1 Å². The molecule has 0 radical (unpaired) electrons. The third-order valence-electron chi connectivity index (χ3n) is 7.36. The summed E-state index contributed by atoms with van der Waals surface area (Å²) in [6, 6.07) is 17.2. The van der Waals surface area contributed by atoms with E-state index in [4.69, 9.17) is 13.9 Å². The number of hydrogen-bond acceptors (Lipinski definition) is 6. The number of Topliss-reactive ketones (excluding diaryl/α,β-unsaturated/α-hetero) is 1. The molecule has 0 spiro atoms. The number of hydrogen-bond donors (Lipinski definition) is 1. The number of amides is 1. The van der Waals surface area contributed by atoms with Crippen molar-refractivity contribution in [2.24, 2.45) is 17.8 Å². The van der Waals surface area contributed by atoms with Gasteiger partial charge in [0.05, 0.1) is 7.11 Å². The Morgan fingerprint density at radius 2 is 1.56 bits per heavy atom. The van der Waals surface area contributed by atoms with Crippen molar-refractivity contribution < 1.29 is 28.3 Å². The Labute approximate surface area is 214 Å². The molecule has 1 aliphatic rings. The Morgan fingerprint density at radius 3 is 2.11 bits per heavy atom. The third kappa shape index (κ3) is 6.62. The van der Waals surface area contributed by atoms with Crippen LogP contribution in [0.15, 0.2) is 60.7 Å². The topological polar surface area (TPSA) is 90.9 Å². The van der Waals surface area contributed by atoms with E-state index in [2.05, 4.69) is 39.2 Å². The number of carbonyl (C=O) groups is 3. The first-order valence-corrected chi connectivity index (χ1v) is 15.2. The summed E-state index contributed by atoms with van der Waals surface area (Å²) in [4.78, 5) is 38.8. The van der Waals surface area contributed by atoms with E-state index in [1.165, 1.54) is 7.11 Å². The first-order chi connectivity index (χ1) is 17.0. The van der Waals surface area contributed by atoms with Crippen molar-refractivity contribution in [2.45, 2.75) is 51.6 Å². The van der Waals surface area contributed by atoms with Crippen LogP contribution in [0.2, 0.25) is 18.1 Å². The van der Waals surface area contributed by atoms with Crippen molar-refractivity contribution in [2.75, 3.05) is 13.7 Å². The molecule has 1 N–H and O–H groups in total. The molecule has 1 fully saturated rings. The van der Waals surface area contributed by atoms with E-state index in [1.807, 2.05) is 48.5 Å². The second-order valence-corrected chi connectivity index (χ2v) is 15.6. The average Bonchev–Trinajstić information content (AvgIpc) is 3.58. The highest BCUT2D eigenvalue weighted by molar-refractivity contribution is 6.74. The van der Waals surface area contributed by atoms with Crippen LogP contribution < -0.4 is 5.32 Å². The van der Waals surface area contributed by atoms with Crippen molar-refractivity contribution in [1.29, 1.82) is 0 Å². The lowest BCUT2D eigenvalue weighted by Crippen LogP contribution is -2.45. The van der Waals surface area contributed by atoms with Gasteiger partial charge in [0.25, 0.3) is 0 Å². The molecule has 4 atom stereocenters. The van der Waals surface area contributed by atoms with Gasteiger partial charge in [-0.1, -0.05) is 81.4 Å². The van der Waals surface area contributed by atoms with Gasteiger partial charge in [-0.15, -0.1) is 0 Å². The molecule has 0 aliphatic heterocycles. The van der Waals surface area contributed by atoms with Gasteiger partial charge in [0.2, 0.25) is 0 Å². The number of carbonyl (C=O) groups excluding carboxylic acids is 3. The van der Waals surface area contributed by atoms with Gasteiger partial charge in [-0.2, -0.15) is 0 Å². The first kappa shape index (κ1) is 27.6. The van der Waals surface area contributed by atoms with E-state index in [0.29, 0.717) is 12.2 Å². The molecule has 194 valence electrons. The lowest BCUT2D eigenvalue weighted by molar-refractivity contribution is -0.143. The number of ether oxygens (including phenoxy) is 2. The fourth-order valence-corrected chi connectivity index (χ4v) is 5.13. The zero-order valence-corrected chi connectivity index (χ0v) is 22.9. The molecule has 8 heteroatoms. The Balaban J connectivity index is 1.78. The Bertz CT molecular complexity index is 1050. The highest BCUT2D eigenvalue weighted by Gasteiger charge is 2.61. The van der Waals surface area contributed by atoms with Gasteiger partial charge in [0.15, 0.2) is 14.1 Å². The molecule has 0 aromatic heterocycles. The SMILES string of the molecule is COC(=O)[C@@H](NC(=O)OCc1ccccc1)[C@H]1[C@@H](CO[Si](C)(C)C(C)(C)C)[C@@H]1C(=O)c1ccccc1. The lowest BCUT2D eigenvalue weighted by Gasteiger charge is -2.36. The molecule has 1 aliphatic carbocycles. The number of methoxy groups -OCH3 is 1. The van der Waals surface area contributed by atoms with Crippen LogP contribution in [0.5, 0.6) is 0 Å². The zero-order valence-electron chi connectivity index (χ0n) is 21.9. The quantitative estimate of drug-likeness (QED) is 0.267. The number of ketones is 1. The average molecular weight is 512 g/mol. The molecule has 0 bridgehead atoms. The number of alkyl carbamates (subject to hydrolysis) is 1. The number of esters is 1. The van der Waals surface area contributed by atoms with Crippen LogP contribution in [0.3, 0.4) is 0 Å². The van der Waals surface area contributed by atoms with Gasteiger partial charge in [0, 0.05) is 24.0 Å². The zero-order chi connectivity index (χ0) is 26.5. The summed E-state index contributed by atoms with van der Waals surface area (Å²) >= 11 is 0. The van der Waals surface area contributed by atoms with Crippen molar-refractivity contribution >= 4 is 26.2 Å². The van der Waals surface area contributed by atoms with E-state index in [0.717, 1.165) is 5.56 Å². The molecular weight excluding hydrogens is 474 g/mol. The maximum atomic E-state index is 13.4. The van der Waals surface area contributed by atoms with Crippen molar-refractivity contribution in [3.8, 4) is 0 Å². The predicted molar refractivity (Wildman–Crippen MR) is 140 cm³/mol. The third-order valence-corrected chi connectivity index (χ3v) is 11.9. The second kappa shape index (κ2) is 11.4. The van der Waals surface area contributed by atoms with Crippen molar-refractivity contribution in [3.05, 3.63) is 71.8 Å². The van der Waals surface area contributed by atoms with E-state index in [-0.39, 0.29) is 23.3 Å². The molecule has 7 nitrogen and oxygen atoms in total. The number of nitrogens with one attached hydrogen (secondary N) is 1. The van der Waals surface area contributed by atoms with Crippen LogP contribution >= 0.6 is 0 Å². The van der Waals surface area contributed by atoms with Crippen LogP contribution in [-0.4, -0.2) is 45.9 Å². The van der Waals surface area contributed by atoms with E-state index >= 15 is 0 Å². The van der Waals surface area contributed by atoms with Gasteiger partial charge in [0.1, 0.15) is 12.6 Å². The number of rotatable bonds is 10. The molecular formula is C28H37NO6Si. The molecule has 0 unspecified atom stereocenters. The summed E-state index contributed by atoms with van der Waals surface area (Å²) in [6.45, 7) is 11.1. The van der Waals surface area contributed by atoms with E-state index in [9.17, 15) is 14.4 Å². The van der Waals surface area contributed by atoms with Crippen LogP contribution in [0, 0.1) is 17.8 Å². The normalized spacial score (nSPS) is 20.2. The summed E-state index contributed by atoms with van der Waals surface area (Å²) in [5.74, 6) is -1.85. The summed E-state index contributed by atoms with van der Waals surface area (Å²) in [6.07, 6.45) is -0.740. The molecule has 0 heterocycles. The molecule has 2 aromatic carbocycles. The monoisotopic (exact) mass is 511 g/mol. The maximum absolute atomic E-state index is 13.4. The highest BCUT2D eigenvalue weighted by Crippen LogP contribution is 2.52. The van der Waals surface area contributed by atoms with E-state index < -0.39 is 38.3 Å². The Hall–Kier alpha value is -2.97. The lowest BCUT2D eigenvalue weighted by atomic mass is 10.0. The molecule has 0 saturated heterocycles. The van der Waals surface area contributed by atoms with Gasteiger partial charge in [-0.25, -0.2) is 9.59 Å².